The number of carboxylic acid groups (broad SMARTS) is 1. The van der Waals surface area contributed by atoms with Crippen LogP contribution in [0.1, 0.15) is 20.3 Å². The summed E-state index contributed by atoms with van der Waals surface area (Å²) in [6.45, 7) is 4.43. The number of hydrogen-bond acceptors (Lipinski definition) is 4. The molecule has 1 rings (SSSR count). The summed E-state index contributed by atoms with van der Waals surface area (Å²) >= 11 is 0. The summed E-state index contributed by atoms with van der Waals surface area (Å²) in [5.41, 5.74) is -0.625. The molecule has 20 heavy (non-hydrogen) atoms. The van der Waals surface area contributed by atoms with Crippen LogP contribution in [0.25, 0.3) is 0 Å². The molecule has 0 aromatic carbocycles. The van der Waals surface area contributed by atoms with Crippen molar-refractivity contribution in [2.75, 3.05) is 32.8 Å². The summed E-state index contributed by atoms with van der Waals surface area (Å²) in [6, 6.07) is -0.354. The van der Waals surface area contributed by atoms with Crippen LogP contribution in [0.5, 0.6) is 0 Å². The monoisotopic (exact) mass is 287 g/mol. The smallest absolute Gasteiger partial charge is 0.329 e. The van der Waals surface area contributed by atoms with Crippen LogP contribution in [0.15, 0.2) is 0 Å². The number of amides is 3. The molecule has 0 aromatic heterocycles. The molecule has 8 nitrogen and oxygen atoms in total. The first-order valence-electron chi connectivity index (χ1n) is 6.51. The highest BCUT2D eigenvalue weighted by atomic mass is 16.5. The van der Waals surface area contributed by atoms with Gasteiger partial charge >= 0.3 is 12.0 Å². The van der Waals surface area contributed by atoms with Gasteiger partial charge < -0.3 is 25.4 Å². The molecule has 0 aromatic rings. The van der Waals surface area contributed by atoms with Crippen molar-refractivity contribution < 1.29 is 24.2 Å². The Morgan fingerprint density at radius 1 is 1.30 bits per heavy atom. The molecule has 0 aliphatic carbocycles. The molecule has 1 aliphatic rings. The minimum Gasteiger partial charge on any atom is -0.480 e. The zero-order chi connectivity index (χ0) is 15.2. The van der Waals surface area contributed by atoms with Crippen LogP contribution in [0.4, 0.5) is 4.79 Å². The zero-order valence-corrected chi connectivity index (χ0v) is 11.8. The first-order chi connectivity index (χ1) is 9.36. The fourth-order valence-corrected chi connectivity index (χ4v) is 1.83. The first kappa shape index (κ1) is 16.2. The normalized spacial score (nSPS) is 16.2. The number of nitrogens with zero attached hydrogens (tertiary/aromatic N) is 1. The lowest BCUT2D eigenvalue weighted by molar-refractivity contribution is -0.159. The number of urea groups is 1. The number of carboxylic acids is 1. The highest BCUT2D eigenvalue weighted by Crippen LogP contribution is 2.24. The number of carbonyl (C=O) groups excluding carboxylic acids is 2. The Labute approximate surface area is 117 Å². The summed E-state index contributed by atoms with van der Waals surface area (Å²) in [5.74, 6) is -1.27. The Bertz CT molecular complexity index is 379. The van der Waals surface area contributed by atoms with Crippen molar-refractivity contribution in [3.05, 3.63) is 0 Å². The van der Waals surface area contributed by atoms with Crippen LogP contribution in [0.2, 0.25) is 0 Å². The number of likely N-dealkylation sites (tertiary alicyclic amines) is 1. The van der Waals surface area contributed by atoms with E-state index in [0.29, 0.717) is 19.6 Å². The van der Waals surface area contributed by atoms with Crippen molar-refractivity contribution in [3.8, 4) is 0 Å². The lowest BCUT2D eigenvalue weighted by atomic mass is 9.97. The van der Waals surface area contributed by atoms with E-state index in [1.807, 2.05) is 6.92 Å². The molecule has 0 radical (unpaired) electrons. The lowest BCUT2D eigenvalue weighted by Crippen LogP contribution is -2.65. The van der Waals surface area contributed by atoms with Gasteiger partial charge in [0.05, 0.1) is 19.6 Å². The van der Waals surface area contributed by atoms with Crippen LogP contribution in [0.3, 0.4) is 0 Å². The van der Waals surface area contributed by atoms with Crippen molar-refractivity contribution >= 4 is 17.9 Å². The van der Waals surface area contributed by atoms with Crippen molar-refractivity contribution in [1.29, 1.82) is 0 Å². The van der Waals surface area contributed by atoms with Crippen molar-refractivity contribution in [1.82, 2.24) is 15.5 Å². The molecule has 3 amide bonds. The Hall–Kier alpha value is -1.83. The molecular formula is C12H21N3O5. The molecular weight excluding hydrogens is 266 g/mol. The summed E-state index contributed by atoms with van der Waals surface area (Å²) in [4.78, 5) is 34.9. The summed E-state index contributed by atoms with van der Waals surface area (Å²) < 4.78 is 5.19. The van der Waals surface area contributed by atoms with Gasteiger partial charge in [0.25, 0.3) is 0 Å². The summed E-state index contributed by atoms with van der Waals surface area (Å²) in [6.07, 6.45) is 0.838. The van der Waals surface area contributed by atoms with Gasteiger partial charge in [-0.15, -0.1) is 0 Å². The number of hydrogen-bond donors (Lipinski definition) is 3. The van der Waals surface area contributed by atoms with Gasteiger partial charge in [-0.05, 0) is 13.3 Å². The molecule has 8 heteroatoms. The number of rotatable bonds is 7. The molecule has 0 saturated carbocycles. The van der Waals surface area contributed by atoms with Gasteiger partial charge in [0, 0.05) is 6.54 Å². The van der Waals surface area contributed by atoms with Crippen LogP contribution in [-0.2, 0) is 14.3 Å². The van der Waals surface area contributed by atoms with E-state index in [9.17, 15) is 14.4 Å². The molecule has 0 unspecified atom stereocenters. The van der Waals surface area contributed by atoms with E-state index in [0.717, 1.165) is 6.42 Å². The van der Waals surface area contributed by atoms with Gasteiger partial charge in [0.2, 0.25) is 5.91 Å². The molecule has 0 spiro atoms. The van der Waals surface area contributed by atoms with E-state index in [1.165, 1.54) is 4.90 Å². The topological polar surface area (TPSA) is 108 Å². The number of nitrogens with one attached hydrogen (secondary N) is 2. The zero-order valence-electron chi connectivity index (χ0n) is 11.8. The maximum atomic E-state index is 11.7. The standard InChI is InChI=1S/C12H21N3O5/c1-3-4-13-9(16)5-14-11(19)15-7-12(2,8-15)20-6-10(17)18/h3-8H2,1-2H3,(H,13,16)(H,14,19)(H,17,18). The lowest BCUT2D eigenvalue weighted by Gasteiger charge is -2.46. The third kappa shape index (κ3) is 5.04. The van der Waals surface area contributed by atoms with Crippen molar-refractivity contribution in [2.45, 2.75) is 25.9 Å². The van der Waals surface area contributed by atoms with Crippen molar-refractivity contribution in [3.63, 3.8) is 0 Å². The van der Waals surface area contributed by atoms with Crippen LogP contribution in [0, 0.1) is 0 Å². The summed E-state index contributed by atoms with van der Waals surface area (Å²) in [5, 5.41) is 13.7. The van der Waals surface area contributed by atoms with E-state index in [4.69, 9.17) is 9.84 Å². The molecule has 114 valence electrons. The van der Waals surface area contributed by atoms with Gasteiger partial charge in [-0.1, -0.05) is 6.92 Å². The van der Waals surface area contributed by atoms with Gasteiger partial charge in [-0.3, -0.25) is 4.79 Å². The second-order valence-electron chi connectivity index (χ2n) is 5.00. The maximum Gasteiger partial charge on any atom is 0.329 e. The van der Waals surface area contributed by atoms with Crippen LogP contribution >= 0.6 is 0 Å². The second-order valence-corrected chi connectivity index (χ2v) is 5.00. The number of carbonyl (C=O) groups is 3. The minimum absolute atomic E-state index is 0.0674. The minimum atomic E-state index is -1.04. The quantitative estimate of drug-likeness (QED) is 0.579. The second kappa shape index (κ2) is 7.09. The Balaban J connectivity index is 2.21. The SMILES string of the molecule is CCCNC(=O)CNC(=O)N1CC(C)(OCC(=O)O)C1. The molecule has 0 bridgehead atoms. The molecule has 1 heterocycles. The molecule has 3 N–H and O–H groups in total. The van der Waals surface area contributed by atoms with Gasteiger partial charge in [-0.2, -0.15) is 0 Å². The molecule has 1 fully saturated rings. The Morgan fingerprint density at radius 2 is 1.95 bits per heavy atom. The fourth-order valence-electron chi connectivity index (χ4n) is 1.83. The van der Waals surface area contributed by atoms with Crippen molar-refractivity contribution in [2.24, 2.45) is 0 Å². The van der Waals surface area contributed by atoms with E-state index >= 15 is 0 Å². The summed E-state index contributed by atoms with van der Waals surface area (Å²) in [7, 11) is 0. The first-order valence-corrected chi connectivity index (χ1v) is 6.51. The Kier molecular flexibility index (Phi) is 5.75. The highest BCUT2D eigenvalue weighted by Gasteiger charge is 2.42. The molecule has 1 saturated heterocycles. The third-order valence-corrected chi connectivity index (χ3v) is 2.85. The number of aliphatic carboxylic acids is 1. The average molecular weight is 287 g/mol. The van der Waals surface area contributed by atoms with E-state index in [2.05, 4.69) is 10.6 Å². The maximum absolute atomic E-state index is 11.7. The molecule has 0 atom stereocenters. The largest absolute Gasteiger partial charge is 0.480 e. The van der Waals surface area contributed by atoms with E-state index in [-0.39, 0.29) is 25.1 Å². The third-order valence-electron chi connectivity index (χ3n) is 2.85. The molecule has 1 aliphatic heterocycles. The highest BCUT2D eigenvalue weighted by molar-refractivity contribution is 5.84. The fraction of sp³-hybridized carbons (Fsp3) is 0.750. The predicted octanol–water partition coefficient (Wildman–Crippen LogP) is -0.602. The predicted molar refractivity (Wildman–Crippen MR) is 70.3 cm³/mol. The van der Waals surface area contributed by atoms with Crippen LogP contribution < -0.4 is 10.6 Å². The van der Waals surface area contributed by atoms with Gasteiger partial charge in [-0.25, -0.2) is 9.59 Å². The average Bonchev–Trinajstić information content (AvgIpc) is 2.36. The van der Waals surface area contributed by atoms with Gasteiger partial charge in [0.1, 0.15) is 12.2 Å². The van der Waals surface area contributed by atoms with E-state index in [1.54, 1.807) is 6.92 Å². The number of ether oxygens (including phenoxy) is 1. The van der Waals surface area contributed by atoms with Gasteiger partial charge in [0.15, 0.2) is 0 Å². The van der Waals surface area contributed by atoms with E-state index < -0.39 is 11.6 Å². The Morgan fingerprint density at radius 3 is 2.50 bits per heavy atom. The van der Waals surface area contributed by atoms with Crippen LogP contribution in [-0.4, -0.2) is 66.3 Å².